The van der Waals surface area contributed by atoms with E-state index in [0.29, 0.717) is 28.9 Å². The van der Waals surface area contributed by atoms with Crippen molar-refractivity contribution in [3.8, 4) is 22.9 Å². The zero-order valence-electron chi connectivity index (χ0n) is 16.1. The van der Waals surface area contributed by atoms with Crippen LogP contribution in [0.1, 0.15) is 19.8 Å². The molecule has 0 aliphatic carbocycles. The van der Waals surface area contributed by atoms with E-state index in [2.05, 4.69) is 22.3 Å². The number of hydrogen-bond acceptors (Lipinski definition) is 7. The fraction of sp³-hybridized carbons (Fsp3) is 0.300. The largest absolute Gasteiger partial charge is 0.493 e. The third kappa shape index (κ3) is 3.17. The summed E-state index contributed by atoms with van der Waals surface area (Å²) in [6.07, 6.45) is 5.60. The minimum atomic E-state index is 0.593. The summed E-state index contributed by atoms with van der Waals surface area (Å²) < 4.78 is 12.6. The van der Waals surface area contributed by atoms with Gasteiger partial charge in [0.2, 0.25) is 5.95 Å². The van der Waals surface area contributed by atoms with Crippen LogP contribution in [0.5, 0.6) is 11.5 Å². The highest BCUT2D eigenvalue weighted by atomic mass is 16.5. The number of nitrogens with one attached hydrogen (secondary N) is 1. The molecule has 0 aliphatic rings. The van der Waals surface area contributed by atoms with Gasteiger partial charge in [0.05, 0.1) is 19.7 Å². The minimum absolute atomic E-state index is 0.593. The summed E-state index contributed by atoms with van der Waals surface area (Å²) in [5.41, 5.74) is 2.30. The Kier molecular flexibility index (Phi) is 4.92. The highest BCUT2D eigenvalue weighted by Crippen LogP contribution is 2.34. The quantitative estimate of drug-likeness (QED) is 0.492. The Morgan fingerprint density at radius 1 is 1.11 bits per heavy atom. The molecule has 0 fully saturated rings. The van der Waals surface area contributed by atoms with E-state index < -0.39 is 0 Å². The lowest BCUT2D eigenvalue weighted by Crippen LogP contribution is -2.09. The maximum Gasteiger partial charge on any atom is 0.226 e. The van der Waals surface area contributed by atoms with Gasteiger partial charge >= 0.3 is 0 Å². The van der Waals surface area contributed by atoms with E-state index in [1.165, 1.54) is 0 Å². The Hall–Kier alpha value is -3.42. The highest BCUT2D eigenvalue weighted by Gasteiger charge is 2.17. The van der Waals surface area contributed by atoms with Gasteiger partial charge in [0.1, 0.15) is 0 Å². The molecule has 0 saturated carbocycles. The summed E-state index contributed by atoms with van der Waals surface area (Å²) in [5, 5.41) is 8.89. The van der Waals surface area contributed by atoms with E-state index in [1.54, 1.807) is 31.1 Å². The van der Waals surface area contributed by atoms with Crippen LogP contribution in [0.15, 0.2) is 36.7 Å². The molecular formula is C20H22N6O2. The van der Waals surface area contributed by atoms with E-state index in [9.17, 15) is 0 Å². The van der Waals surface area contributed by atoms with Gasteiger partial charge in [0, 0.05) is 36.0 Å². The van der Waals surface area contributed by atoms with Crippen LogP contribution in [0.25, 0.3) is 27.9 Å². The standard InChI is InChI=1S/C20H22N6O2/c1-4-5-9-22-20-23-15-11-17(28-3)16(27-2)10-14(15)19-24-18(25-26(19)20)13-7-6-8-21-12-13/h6-8,10-12H,4-5,9H2,1-3H3,(H,22,23). The third-order valence-electron chi connectivity index (χ3n) is 4.51. The summed E-state index contributed by atoms with van der Waals surface area (Å²) in [6.45, 7) is 2.96. The number of unbranched alkanes of at least 4 members (excludes halogenated alkanes) is 1. The van der Waals surface area contributed by atoms with Crippen molar-refractivity contribution in [3.05, 3.63) is 36.7 Å². The van der Waals surface area contributed by atoms with E-state index in [1.807, 2.05) is 24.3 Å². The average molecular weight is 378 g/mol. The zero-order valence-corrected chi connectivity index (χ0v) is 16.1. The normalized spacial score (nSPS) is 11.1. The zero-order chi connectivity index (χ0) is 19.5. The molecule has 4 aromatic rings. The number of rotatable bonds is 7. The van der Waals surface area contributed by atoms with Gasteiger partial charge in [-0.05, 0) is 24.6 Å². The molecule has 0 atom stereocenters. The topological polar surface area (TPSA) is 86.5 Å². The number of benzene rings is 1. The molecule has 0 bridgehead atoms. The number of aromatic nitrogens is 5. The lowest BCUT2D eigenvalue weighted by atomic mass is 10.2. The van der Waals surface area contributed by atoms with Crippen LogP contribution >= 0.6 is 0 Å². The number of methoxy groups -OCH3 is 2. The number of anilines is 1. The molecule has 8 nitrogen and oxygen atoms in total. The Morgan fingerprint density at radius 2 is 1.93 bits per heavy atom. The fourth-order valence-electron chi connectivity index (χ4n) is 3.04. The second-order valence-corrected chi connectivity index (χ2v) is 6.35. The summed E-state index contributed by atoms with van der Waals surface area (Å²) in [6, 6.07) is 7.54. The maximum atomic E-state index is 5.46. The highest BCUT2D eigenvalue weighted by molar-refractivity contribution is 5.95. The molecule has 144 valence electrons. The first-order chi connectivity index (χ1) is 13.7. The molecule has 8 heteroatoms. The van der Waals surface area contributed by atoms with Crippen LogP contribution in [0, 0.1) is 0 Å². The predicted molar refractivity (Wildman–Crippen MR) is 108 cm³/mol. The molecule has 0 saturated heterocycles. The summed E-state index contributed by atoms with van der Waals surface area (Å²) in [4.78, 5) is 13.7. The van der Waals surface area contributed by atoms with Crippen molar-refractivity contribution >= 4 is 22.5 Å². The third-order valence-corrected chi connectivity index (χ3v) is 4.51. The van der Waals surface area contributed by atoms with Gasteiger partial charge in [-0.3, -0.25) is 4.98 Å². The van der Waals surface area contributed by atoms with Crippen LogP contribution in [0.2, 0.25) is 0 Å². The van der Waals surface area contributed by atoms with Crippen molar-refractivity contribution in [2.75, 3.05) is 26.1 Å². The molecule has 0 spiro atoms. The Bertz CT molecular complexity index is 1110. The second-order valence-electron chi connectivity index (χ2n) is 6.35. The van der Waals surface area contributed by atoms with Crippen molar-refractivity contribution < 1.29 is 9.47 Å². The molecule has 4 rings (SSSR count). The number of hydrogen-bond donors (Lipinski definition) is 1. The van der Waals surface area contributed by atoms with Gasteiger partial charge in [0.25, 0.3) is 0 Å². The summed E-state index contributed by atoms with van der Waals surface area (Å²) >= 11 is 0. The molecule has 0 amide bonds. The monoisotopic (exact) mass is 378 g/mol. The SMILES string of the molecule is CCCCNc1nc2cc(OC)c(OC)cc2c2nc(-c3cccnc3)nn12. The van der Waals surface area contributed by atoms with Crippen LogP contribution in [0.3, 0.4) is 0 Å². The lowest BCUT2D eigenvalue weighted by Gasteiger charge is -2.11. The van der Waals surface area contributed by atoms with Crippen molar-refractivity contribution in [1.82, 2.24) is 24.6 Å². The fourth-order valence-corrected chi connectivity index (χ4v) is 3.04. The van der Waals surface area contributed by atoms with Gasteiger partial charge in [-0.1, -0.05) is 13.3 Å². The molecule has 0 radical (unpaired) electrons. The van der Waals surface area contributed by atoms with Crippen LogP contribution in [0.4, 0.5) is 5.95 Å². The second kappa shape index (κ2) is 7.67. The van der Waals surface area contributed by atoms with Crippen LogP contribution in [-0.4, -0.2) is 45.3 Å². The molecule has 28 heavy (non-hydrogen) atoms. The molecule has 1 aromatic carbocycles. The first kappa shape index (κ1) is 18.0. The summed E-state index contributed by atoms with van der Waals surface area (Å²) in [7, 11) is 3.22. The smallest absolute Gasteiger partial charge is 0.226 e. The van der Waals surface area contributed by atoms with Gasteiger partial charge in [0.15, 0.2) is 23.0 Å². The number of nitrogens with zero attached hydrogens (tertiary/aromatic N) is 5. The predicted octanol–water partition coefficient (Wildman–Crippen LogP) is 3.57. The Balaban J connectivity index is 1.96. The van der Waals surface area contributed by atoms with E-state index in [0.717, 1.165) is 35.9 Å². The van der Waals surface area contributed by atoms with E-state index in [4.69, 9.17) is 19.4 Å². The van der Waals surface area contributed by atoms with Crippen molar-refractivity contribution in [3.63, 3.8) is 0 Å². The summed E-state index contributed by atoms with van der Waals surface area (Å²) in [5.74, 6) is 2.48. The van der Waals surface area contributed by atoms with E-state index in [-0.39, 0.29) is 0 Å². The first-order valence-electron chi connectivity index (χ1n) is 9.22. The molecular weight excluding hydrogens is 356 g/mol. The van der Waals surface area contributed by atoms with Crippen molar-refractivity contribution in [2.45, 2.75) is 19.8 Å². The lowest BCUT2D eigenvalue weighted by molar-refractivity contribution is 0.356. The Labute approximate surface area is 162 Å². The number of pyridine rings is 1. The Morgan fingerprint density at radius 3 is 2.64 bits per heavy atom. The van der Waals surface area contributed by atoms with E-state index >= 15 is 0 Å². The maximum absolute atomic E-state index is 5.46. The number of ether oxygens (including phenoxy) is 2. The van der Waals surface area contributed by atoms with Gasteiger partial charge < -0.3 is 14.8 Å². The minimum Gasteiger partial charge on any atom is -0.493 e. The van der Waals surface area contributed by atoms with Crippen LogP contribution in [-0.2, 0) is 0 Å². The van der Waals surface area contributed by atoms with Gasteiger partial charge in [-0.25, -0.2) is 9.97 Å². The molecule has 0 unspecified atom stereocenters. The van der Waals surface area contributed by atoms with Gasteiger partial charge in [-0.2, -0.15) is 4.52 Å². The molecule has 0 aliphatic heterocycles. The molecule has 3 heterocycles. The average Bonchev–Trinajstić information content (AvgIpc) is 3.19. The molecule has 1 N–H and O–H groups in total. The molecule has 3 aromatic heterocycles. The van der Waals surface area contributed by atoms with Crippen molar-refractivity contribution in [1.29, 1.82) is 0 Å². The number of fused-ring (bicyclic) bond motifs is 3. The van der Waals surface area contributed by atoms with Gasteiger partial charge in [-0.15, -0.1) is 5.10 Å². The first-order valence-corrected chi connectivity index (χ1v) is 9.22. The van der Waals surface area contributed by atoms with Crippen molar-refractivity contribution in [2.24, 2.45) is 0 Å². The van der Waals surface area contributed by atoms with Crippen LogP contribution < -0.4 is 14.8 Å².